The molecule has 0 N–H and O–H groups in total. The van der Waals surface area contributed by atoms with Gasteiger partial charge < -0.3 is 9.64 Å². The predicted molar refractivity (Wildman–Crippen MR) is 87.0 cm³/mol. The summed E-state index contributed by atoms with van der Waals surface area (Å²) in [5.74, 6) is 0.0725. The number of carbonyl (C=O) groups excluding carboxylic acids is 2. The Morgan fingerprint density at radius 1 is 1.14 bits per heavy atom. The first-order chi connectivity index (χ1) is 10.7. The number of rotatable bonds is 8. The number of ether oxygens (including phenoxy) is 1. The van der Waals surface area contributed by atoms with Crippen LogP contribution in [-0.4, -0.2) is 25.5 Å². The van der Waals surface area contributed by atoms with Gasteiger partial charge in [-0.3, -0.25) is 4.79 Å². The van der Waals surface area contributed by atoms with E-state index in [9.17, 15) is 9.59 Å². The molecule has 1 saturated carbocycles. The average Bonchev–Trinajstić information content (AvgIpc) is 3.39. The minimum Gasteiger partial charge on any atom is -0.465 e. The Morgan fingerprint density at radius 3 is 2.36 bits per heavy atom. The van der Waals surface area contributed by atoms with Crippen molar-refractivity contribution in [3.8, 4) is 0 Å². The van der Waals surface area contributed by atoms with Crippen molar-refractivity contribution in [1.82, 2.24) is 0 Å². The fraction of sp³-hybridized carbons (Fsp3) is 0.556. The quantitative estimate of drug-likeness (QED) is 0.542. The number of unbranched alkanes of at least 4 members (excludes halogenated alkanes) is 3. The average molecular weight is 303 g/mol. The third-order valence-electron chi connectivity index (χ3n) is 4.03. The third-order valence-corrected chi connectivity index (χ3v) is 4.03. The second-order valence-electron chi connectivity index (χ2n) is 5.86. The van der Waals surface area contributed by atoms with Gasteiger partial charge in [0, 0.05) is 18.2 Å². The molecular formula is C18H25NO3. The van der Waals surface area contributed by atoms with Crippen molar-refractivity contribution in [2.45, 2.75) is 45.4 Å². The van der Waals surface area contributed by atoms with Crippen LogP contribution in [0.4, 0.5) is 5.69 Å². The van der Waals surface area contributed by atoms with Crippen molar-refractivity contribution in [1.29, 1.82) is 0 Å². The second kappa shape index (κ2) is 7.97. The molecular weight excluding hydrogens is 278 g/mol. The minimum absolute atomic E-state index is 0.200. The van der Waals surface area contributed by atoms with E-state index in [1.165, 1.54) is 20.0 Å². The van der Waals surface area contributed by atoms with Gasteiger partial charge >= 0.3 is 5.97 Å². The van der Waals surface area contributed by atoms with E-state index in [0.717, 1.165) is 37.9 Å². The van der Waals surface area contributed by atoms with Gasteiger partial charge in [0.25, 0.3) is 0 Å². The van der Waals surface area contributed by atoms with Gasteiger partial charge in [-0.1, -0.05) is 26.2 Å². The summed E-state index contributed by atoms with van der Waals surface area (Å²) >= 11 is 0. The van der Waals surface area contributed by atoms with Crippen molar-refractivity contribution in [3.05, 3.63) is 29.8 Å². The Balaban J connectivity index is 2.06. The molecule has 0 bridgehead atoms. The van der Waals surface area contributed by atoms with Crippen molar-refractivity contribution in [2.24, 2.45) is 5.92 Å². The van der Waals surface area contributed by atoms with Crippen LogP contribution in [0, 0.1) is 5.92 Å². The molecule has 1 aromatic carbocycles. The van der Waals surface area contributed by atoms with Crippen LogP contribution in [-0.2, 0) is 9.53 Å². The van der Waals surface area contributed by atoms with Crippen LogP contribution in [0.3, 0.4) is 0 Å². The summed E-state index contributed by atoms with van der Waals surface area (Å²) in [5.41, 5.74) is 1.39. The normalized spacial score (nSPS) is 13.7. The summed E-state index contributed by atoms with van der Waals surface area (Å²) in [5, 5.41) is 0. The smallest absolute Gasteiger partial charge is 0.337 e. The highest BCUT2D eigenvalue weighted by Gasteiger charge is 2.33. The SMILES string of the molecule is CCCCCCN(C(=O)C1CC1)c1ccc(C(=O)OC)cc1. The van der Waals surface area contributed by atoms with E-state index in [1.807, 2.05) is 17.0 Å². The maximum absolute atomic E-state index is 12.5. The van der Waals surface area contributed by atoms with Crippen LogP contribution in [0.25, 0.3) is 0 Å². The summed E-state index contributed by atoms with van der Waals surface area (Å²) in [6, 6.07) is 7.12. The fourth-order valence-electron chi connectivity index (χ4n) is 2.51. The summed E-state index contributed by atoms with van der Waals surface area (Å²) in [6.07, 6.45) is 6.56. The van der Waals surface area contributed by atoms with E-state index in [2.05, 4.69) is 6.92 Å². The predicted octanol–water partition coefficient (Wildman–Crippen LogP) is 3.80. The third kappa shape index (κ3) is 4.33. The molecule has 0 unspecified atom stereocenters. The zero-order valence-electron chi connectivity index (χ0n) is 13.5. The summed E-state index contributed by atoms with van der Waals surface area (Å²) in [6.45, 7) is 2.94. The van der Waals surface area contributed by atoms with Crippen molar-refractivity contribution < 1.29 is 14.3 Å². The molecule has 0 atom stereocenters. The molecule has 0 heterocycles. The van der Waals surface area contributed by atoms with Gasteiger partial charge in [-0.15, -0.1) is 0 Å². The largest absolute Gasteiger partial charge is 0.465 e. The highest BCUT2D eigenvalue weighted by atomic mass is 16.5. The van der Waals surface area contributed by atoms with Gasteiger partial charge in [-0.2, -0.15) is 0 Å². The van der Waals surface area contributed by atoms with E-state index in [0.29, 0.717) is 5.56 Å². The lowest BCUT2D eigenvalue weighted by molar-refractivity contribution is -0.119. The first kappa shape index (κ1) is 16.5. The van der Waals surface area contributed by atoms with Gasteiger partial charge in [-0.25, -0.2) is 4.79 Å². The second-order valence-corrected chi connectivity index (χ2v) is 5.86. The topological polar surface area (TPSA) is 46.6 Å². The molecule has 0 radical (unpaired) electrons. The Kier molecular flexibility index (Phi) is 5.99. The van der Waals surface area contributed by atoms with E-state index < -0.39 is 0 Å². The first-order valence-electron chi connectivity index (χ1n) is 8.17. The Labute approximate surface area is 132 Å². The summed E-state index contributed by atoms with van der Waals surface area (Å²) in [4.78, 5) is 25.9. The molecule has 1 aliphatic carbocycles. The number of methoxy groups -OCH3 is 1. The van der Waals surface area contributed by atoms with Gasteiger partial charge in [0.05, 0.1) is 12.7 Å². The number of amides is 1. The van der Waals surface area contributed by atoms with Gasteiger partial charge in [-0.05, 0) is 43.5 Å². The highest BCUT2D eigenvalue weighted by molar-refractivity contribution is 5.97. The maximum Gasteiger partial charge on any atom is 0.337 e. The maximum atomic E-state index is 12.5. The molecule has 0 aromatic heterocycles. The van der Waals surface area contributed by atoms with Crippen LogP contribution in [0.5, 0.6) is 0 Å². The van der Waals surface area contributed by atoms with Crippen LogP contribution >= 0.6 is 0 Å². The molecule has 2 rings (SSSR count). The number of esters is 1. The first-order valence-corrected chi connectivity index (χ1v) is 8.17. The molecule has 0 saturated heterocycles. The van der Waals surface area contributed by atoms with E-state index in [-0.39, 0.29) is 17.8 Å². The number of benzene rings is 1. The zero-order chi connectivity index (χ0) is 15.9. The number of nitrogens with zero attached hydrogens (tertiary/aromatic N) is 1. The Bertz CT molecular complexity index is 506. The molecule has 1 aromatic rings. The molecule has 0 spiro atoms. The molecule has 1 amide bonds. The number of hydrogen-bond donors (Lipinski definition) is 0. The molecule has 0 aliphatic heterocycles. The number of hydrogen-bond acceptors (Lipinski definition) is 3. The molecule has 4 nitrogen and oxygen atoms in total. The summed E-state index contributed by atoms with van der Waals surface area (Å²) in [7, 11) is 1.37. The molecule has 4 heteroatoms. The van der Waals surface area contributed by atoms with E-state index in [1.54, 1.807) is 12.1 Å². The fourth-order valence-corrected chi connectivity index (χ4v) is 2.51. The van der Waals surface area contributed by atoms with E-state index >= 15 is 0 Å². The van der Waals surface area contributed by atoms with Gasteiger partial charge in [0.2, 0.25) is 5.91 Å². The lowest BCUT2D eigenvalue weighted by atomic mass is 10.1. The standard InChI is InChI=1S/C18H25NO3/c1-3-4-5-6-13-19(17(20)14-7-8-14)16-11-9-15(10-12-16)18(21)22-2/h9-12,14H,3-8,13H2,1-2H3. The van der Waals surface area contributed by atoms with Crippen LogP contribution in [0.2, 0.25) is 0 Å². The van der Waals surface area contributed by atoms with Crippen molar-refractivity contribution >= 4 is 17.6 Å². The Hall–Kier alpha value is -1.84. The van der Waals surface area contributed by atoms with Crippen LogP contribution in [0.15, 0.2) is 24.3 Å². The zero-order valence-corrected chi connectivity index (χ0v) is 13.5. The lowest BCUT2D eigenvalue weighted by Crippen LogP contribution is -2.33. The van der Waals surface area contributed by atoms with Crippen molar-refractivity contribution in [2.75, 3.05) is 18.6 Å². The molecule has 120 valence electrons. The highest BCUT2D eigenvalue weighted by Crippen LogP contribution is 2.33. The van der Waals surface area contributed by atoms with Crippen molar-refractivity contribution in [3.63, 3.8) is 0 Å². The molecule has 22 heavy (non-hydrogen) atoms. The molecule has 1 aliphatic rings. The van der Waals surface area contributed by atoms with Gasteiger partial charge in [0.1, 0.15) is 0 Å². The van der Waals surface area contributed by atoms with Crippen LogP contribution < -0.4 is 4.90 Å². The number of anilines is 1. The monoisotopic (exact) mass is 303 g/mol. The lowest BCUT2D eigenvalue weighted by Gasteiger charge is -2.23. The Morgan fingerprint density at radius 2 is 1.82 bits per heavy atom. The van der Waals surface area contributed by atoms with E-state index in [4.69, 9.17) is 4.74 Å². The molecule has 1 fully saturated rings. The summed E-state index contributed by atoms with van der Waals surface area (Å²) < 4.78 is 4.70. The van der Waals surface area contributed by atoms with Crippen LogP contribution in [0.1, 0.15) is 55.8 Å². The van der Waals surface area contributed by atoms with Gasteiger partial charge in [0.15, 0.2) is 0 Å². The minimum atomic E-state index is -0.352. The number of carbonyl (C=O) groups is 2.